The summed E-state index contributed by atoms with van der Waals surface area (Å²) in [7, 11) is 0. The lowest BCUT2D eigenvalue weighted by atomic mass is 9.92. The SMILES string of the molecule is CC.CC(C1=NNC(NC2=NCC(O)CN2)O1)c1cccc(C2(c3ccccc3)OCCO2)c1. The molecule has 3 heterocycles. The lowest BCUT2D eigenvalue weighted by Gasteiger charge is -2.29. The molecule has 9 heteroatoms. The first kappa shape index (κ1) is 24.0. The van der Waals surface area contributed by atoms with E-state index in [9.17, 15) is 5.11 Å². The van der Waals surface area contributed by atoms with Crippen LogP contribution in [0, 0.1) is 0 Å². The van der Waals surface area contributed by atoms with E-state index in [0.29, 0.717) is 38.2 Å². The van der Waals surface area contributed by atoms with Crippen molar-refractivity contribution in [3.8, 4) is 0 Å². The monoisotopic (exact) mass is 467 g/mol. The number of β-amino-alcohol motifs (C(OH)–C–C–N with tert-alkyl or cyclic N) is 1. The van der Waals surface area contributed by atoms with E-state index in [-0.39, 0.29) is 5.92 Å². The van der Waals surface area contributed by atoms with Crippen molar-refractivity contribution >= 4 is 11.9 Å². The molecule has 0 spiro atoms. The van der Waals surface area contributed by atoms with Gasteiger partial charge in [0.25, 0.3) is 6.35 Å². The molecule has 0 bridgehead atoms. The van der Waals surface area contributed by atoms with Crippen LogP contribution in [0.1, 0.15) is 43.4 Å². The molecule has 9 nitrogen and oxygen atoms in total. The molecule has 3 unspecified atom stereocenters. The Kier molecular flexibility index (Phi) is 7.66. The summed E-state index contributed by atoms with van der Waals surface area (Å²) < 4.78 is 18.2. The maximum Gasteiger partial charge on any atom is 0.267 e. The van der Waals surface area contributed by atoms with Crippen molar-refractivity contribution in [1.29, 1.82) is 0 Å². The van der Waals surface area contributed by atoms with Gasteiger partial charge in [0, 0.05) is 17.7 Å². The molecule has 3 atom stereocenters. The van der Waals surface area contributed by atoms with Crippen molar-refractivity contribution in [2.24, 2.45) is 10.1 Å². The maximum atomic E-state index is 9.54. The first-order chi connectivity index (χ1) is 16.6. The molecule has 3 aliphatic heterocycles. The van der Waals surface area contributed by atoms with Gasteiger partial charge in [-0.2, -0.15) is 0 Å². The number of aliphatic hydroxyl groups excluding tert-OH is 1. The lowest BCUT2D eigenvalue weighted by Crippen LogP contribution is -2.52. The highest BCUT2D eigenvalue weighted by Gasteiger charge is 2.41. The van der Waals surface area contributed by atoms with Crippen LogP contribution in [-0.4, -0.2) is 55.7 Å². The fourth-order valence-electron chi connectivity index (χ4n) is 4.03. The van der Waals surface area contributed by atoms with Crippen molar-refractivity contribution in [2.45, 2.75) is 44.9 Å². The van der Waals surface area contributed by atoms with Crippen molar-refractivity contribution in [3.63, 3.8) is 0 Å². The van der Waals surface area contributed by atoms with Crippen LogP contribution in [-0.2, 0) is 20.0 Å². The number of aliphatic imine (C=N–C) groups is 1. The van der Waals surface area contributed by atoms with E-state index in [1.165, 1.54) is 0 Å². The van der Waals surface area contributed by atoms with E-state index < -0.39 is 18.2 Å². The number of nitrogens with one attached hydrogen (secondary N) is 3. The summed E-state index contributed by atoms with van der Waals surface area (Å²) in [6.07, 6.45) is -1.00. The molecule has 2 aromatic rings. The fourth-order valence-corrected chi connectivity index (χ4v) is 4.03. The van der Waals surface area contributed by atoms with Crippen molar-refractivity contribution in [3.05, 3.63) is 71.3 Å². The minimum absolute atomic E-state index is 0.0912. The molecule has 3 aliphatic rings. The largest absolute Gasteiger partial charge is 0.435 e. The number of benzene rings is 2. The normalized spacial score (nSPS) is 23.8. The minimum Gasteiger partial charge on any atom is -0.435 e. The van der Waals surface area contributed by atoms with Crippen LogP contribution in [0.25, 0.3) is 0 Å². The number of nitrogens with zero attached hydrogens (tertiary/aromatic N) is 2. The molecular formula is C25H33N5O4. The summed E-state index contributed by atoms with van der Waals surface area (Å²) in [6, 6.07) is 18.2. The van der Waals surface area contributed by atoms with E-state index in [2.05, 4.69) is 32.2 Å². The molecule has 2 aromatic carbocycles. The van der Waals surface area contributed by atoms with Crippen LogP contribution in [0.5, 0.6) is 0 Å². The van der Waals surface area contributed by atoms with Gasteiger partial charge in [-0.05, 0) is 18.6 Å². The highest BCUT2D eigenvalue weighted by atomic mass is 16.7. The molecule has 0 amide bonds. The van der Waals surface area contributed by atoms with E-state index in [0.717, 1.165) is 16.7 Å². The van der Waals surface area contributed by atoms with Gasteiger partial charge in [-0.1, -0.05) is 62.4 Å². The quantitative estimate of drug-likeness (QED) is 0.534. The third-order valence-corrected chi connectivity index (χ3v) is 5.75. The number of rotatable bonds is 5. The zero-order valence-electron chi connectivity index (χ0n) is 19.8. The van der Waals surface area contributed by atoms with Crippen LogP contribution in [0.2, 0.25) is 0 Å². The number of hydrogen-bond acceptors (Lipinski definition) is 9. The zero-order valence-corrected chi connectivity index (χ0v) is 19.8. The standard InChI is InChI=1S/C23H27N5O4.C2H6/c1-15(20-27-28-22(32-20)26-21-24-13-19(29)14-25-21)16-6-5-9-18(12-16)23(30-10-11-31-23)17-7-3-2-4-8-17;1-2/h2-9,12,15,19,22,28-29H,10-11,13-14H2,1H3,(H2,24,25,26);1-2H3. The second-order valence-electron chi connectivity index (χ2n) is 7.97. The van der Waals surface area contributed by atoms with Crippen molar-refractivity contribution < 1.29 is 19.3 Å². The second-order valence-corrected chi connectivity index (χ2v) is 7.97. The van der Waals surface area contributed by atoms with Crippen LogP contribution in [0.15, 0.2) is 64.7 Å². The molecule has 0 saturated carbocycles. The van der Waals surface area contributed by atoms with E-state index in [1.54, 1.807) is 0 Å². The summed E-state index contributed by atoms with van der Waals surface area (Å²) in [5, 5.41) is 20.0. The third kappa shape index (κ3) is 5.01. The Morgan fingerprint density at radius 1 is 1.06 bits per heavy atom. The smallest absolute Gasteiger partial charge is 0.267 e. The van der Waals surface area contributed by atoms with Gasteiger partial charge in [0.15, 0.2) is 5.96 Å². The van der Waals surface area contributed by atoms with Crippen LogP contribution < -0.4 is 16.1 Å². The molecule has 0 aromatic heterocycles. The molecule has 4 N–H and O–H groups in total. The Balaban J connectivity index is 0.00000133. The topological polar surface area (TPSA) is 109 Å². The molecule has 34 heavy (non-hydrogen) atoms. The summed E-state index contributed by atoms with van der Waals surface area (Å²) in [5.74, 6) is 0.136. The molecule has 5 rings (SSSR count). The number of ether oxygens (including phenoxy) is 3. The highest BCUT2D eigenvalue weighted by Crippen LogP contribution is 2.39. The maximum absolute atomic E-state index is 9.54. The Bertz CT molecular complexity index is 1010. The van der Waals surface area contributed by atoms with Crippen LogP contribution in [0.4, 0.5) is 0 Å². The van der Waals surface area contributed by atoms with Crippen molar-refractivity contribution in [1.82, 2.24) is 16.1 Å². The van der Waals surface area contributed by atoms with Gasteiger partial charge in [0.05, 0.1) is 31.8 Å². The average Bonchev–Trinajstić information content (AvgIpc) is 3.58. The molecule has 1 fully saturated rings. The Morgan fingerprint density at radius 3 is 2.50 bits per heavy atom. The Morgan fingerprint density at radius 2 is 1.79 bits per heavy atom. The van der Waals surface area contributed by atoms with Gasteiger partial charge in [-0.15, -0.1) is 5.10 Å². The minimum atomic E-state index is -0.910. The van der Waals surface area contributed by atoms with E-state index >= 15 is 0 Å². The number of guanidine groups is 1. The zero-order chi connectivity index (χ0) is 24.0. The molecule has 0 radical (unpaired) electrons. The second kappa shape index (κ2) is 10.9. The van der Waals surface area contributed by atoms with Gasteiger partial charge in [-0.25, -0.2) is 0 Å². The van der Waals surface area contributed by atoms with Gasteiger partial charge in [0.1, 0.15) is 0 Å². The molecule has 1 saturated heterocycles. The van der Waals surface area contributed by atoms with Crippen LogP contribution >= 0.6 is 0 Å². The molecular weight excluding hydrogens is 434 g/mol. The predicted octanol–water partition coefficient (Wildman–Crippen LogP) is 2.19. The van der Waals surface area contributed by atoms with Crippen molar-refractivity contribution in [2.75, 3.05) is 26.3 Å². The predicted molar refractivity (Wildman–Crippen MR) is 130 cm³/mol. The van der Waals surface area contributed by atoms with Gasteiger partial charge in [0.2, 0.25) is 11.7 Å². The molecule has 0 aliphatic carbocycles. The highest BCUT2D eigenvalue weighted by molar-refractivity contribution is 5.85. The van der Waals surface area contributed by atoms with Gasteiger partial charge in [-0.3, -0.25) is 10.4 Å². The van der Waals surface area contributed by atoms with Gasteiger partial charge >= 0.3 is 0 Å². The van der Waals surface area contributed by atoms with E-state index in [4.69, 9.17) is 14.2 Å². The number of aliphatic hydroxyl groups is 1. The number of hydrogen-bond donors (Lipinski definition) is 4. The molecule has 182 valence electrons. The Hall–Kier alpha value is -3.14. The average molecular weight is 468 g/mol. The summed E-state index contributed by atoms with van der Waals surface area (Å²) in [6.45, 7) is 7.92. The third-order valence-electron chi connectivity index (χ3n) is 5.75. The number of hydrazone groups is 1. The van der Waals surface area contributed by atoms with Gasteiger partial charge < -0.3 is 30.0 Å². The summed E-state index contributed by atoms with van der Waals surface area (Å²) in [5.41, 5.74) is 5.88. The first-order valence-corrected chi connectivity index (χ1v) is 11.8. The van der Waals surface area contributed by atoms with Crippen LogP contribution in [0.3, 0.4) is 0 Å². The Labute approximate surface area is 200 Å². The fraction of sp³-hybridized carbons (Fsp3) is 0.440. The summed E-state index contributed by atoms with van der Waals surface area (Å²) in [4.78, 5) is 4.24. The summed E-state index contributed by atoms with van der Waals surface area (Å²) >= 11 is 0. The lowest BCUT2D eigenvalue weighted by molar-refractivity contribution is -0.129. The van der Waals surface area contributed by atoms with E-state index in [1.807, 2.05) is 69.3 Å². The first-order valence-electron chi connectivity index (χ1n) is 11.8.